The van der Waals surface area contributed by atoms with Crippen molar-refractivity contribution in [2.24, 2.45) is 11.1 Å². The summed E-state index contributed by atoms with van der Waals surface area (Å²) in [6.45, 7) is 5.87. The van der Waals surface area contributed by atoms with E-state index in [2.05, 4.69) is 19.2 Å². The van der Waals surface area contributed by atoms with E-state index >= 15 is 0 Å². The molecule has 0 aliphatic rings. The topological polar surface area (TPSA) is 75.3 Å². The molecule has 0 spiro atoms. The van der Waals surface area contributed by atoms with Crippen LogP contribution in [0.15, 0.2) is 11.4 Å². The Morgan fingerprint density at radius 2 is 2.17 bits per heavy atom. The molecule has 1 aromatic heterocycles. The van der Waals surface area contributed by atoms with Crippen molar-refractivity contribution in [3.05, 3.63) is 21.9 Å². The summed E-state index contributed by atoms with van der Waals surface area (Å²) in [7, 11) is 0. The van der Waals surface area contributed by atoms with Gasteiger partial charge in [0.05, 0.1) is 5.56 Å². The molecule has 0 radical (unpaired) electrons. The molecule has 0 bridgehead atoms. The average Bonchev–Trinajstić information content (AvgIpc) is 2.84. The van der Waals surface area contributed by atoms with E-state index in [1.165, 1.54) is 11.3 Å². The lowest BCUT2D eigenvalue weighted by Gasteiger charge is -2.29. The number of aliphatic hydroxyl groups excluding tert-OH is 1. The lowest BCUT2D eigenvalue weighted by molar-refractivity contribution is 0.100. The van der Waals surface area contributed by atoms with Crippen molar-refractivity contribution in [1.29, 1.82) is 0 Å². The quantitative estimate of drug-likeness (QED) is 0.673. The molecule has 0 fully saturated rings. The van der Waals surface area contributed by atoms with Crippen LogP contribution in [-0.2, 0) is 6.54 Å². The summed E-state index contributed by atoms with van der Waals surface area (Å²) in [6, 6.07) is 1.82. The third-order valence-electron chi connectivity index (χ3n) is 3.57. The molecule has 4 nitrogen and oxygen atoms in total. The monoisotopic (exact) mass is 270 g/mol. The number of carbonyl (C=O) groups is 1. The Bertz CT molecular complexity index is 378. The molecule has 1 aromatic rings. The number of aliphatic hydroxyl groups is 1. The van der Waals surface area contributed by atoms with E-state index in [9.17, 15) is 9.90 Å². The summed E-state index contributed by atoms with van der Waals surface area (Å²) >= 11 is 1.53. The Hall–Kier alpha value is -0.910. The highest BCUT2D eigenvalue weighted by Crippen LogP contribution is 2.24. The van der Waals surface area contributed by atoms with E-state index in [0.717, 1.165) is 24.3 Å². The SMILES string of the molecule is CCC(CC)(CO)CNCc1cc(C(N)=O)cs1. The van der Waals surface area contributed by atoms with Gasteiger partial charge in [-0.2, -0.15) is 0 Å². The first-order valence-corrected chi connectivity index (χ1v) is 7.13. The molecule has 0 aliphatic carbocycles. The summed E-state index contributed by atoms with van der Waals surface area (Å²) < 4.78 is 0. The van der Waals surface area contributed by atoms with E-state index in [1.54, 1.807) is 5.38 Å². The van der Waals surface area contributed by atoms with Crippen molar-refractivity contribution in [1.82, 2.24) is 5.32 Å². The number of nitrogens with two attached hydrogens (primary N) is 1. The second-order valence-corrected chi connectivity index (χ2v) is 5.63. The molecule has 0 aromatic carbocycles. The summed E-state index contributed by atoms with van der Waals surface area (Å²) in [5.41, 5.74) is 5.73. The molecule has 102 valence electrons. The first-order valence-electron chi connectivity index (χ1n) is 6.25. The highest BCUT2D eigenvalue weighted by atomic mass is 32.1. The van der Waals surface area contributed by atoms with Gasteiger partial charge >= 0.3 is 0 Å². The Balaban J connectivity index is 2.47. The van der Waals surface area contributed by atoms with Crippen molar-refractivity contribution in [3.8, 4) is 0 Å². The first-order chi connectivity index (χ1) is 8.56. The van der Waals surface area contributed by atoms with Gasteiger partial charge < -0.3 is 16.2 Å². The van der Waals surface area contributed by atoms with E-state index in [1.807, 2.05) is 6.07 Å². The molecule has 4 N–H and O–H groups in total. The number of hydrogen-bond donors (Lipinski definition) is 3. The van der Waals surface area contributed by atoms with Crippen LogP contribution in [0.1, 0.15) is 41.9 Å². The average molecular weight is 270 g/mol. The minimum absolute atomic E-state index is 0.0379. The van der Waals surface area contributed by atoms with Gasteiger partial charge in [0, 0.05) is 35.4 Å². The van der Waals surface area contributed by atoms with E-state index in [0.29, 0.717) is 12.1 Å². The third-order valence-corrected chi connectivity index (χ3v) is 4.51. The first kappa shape index (κ1) is 15.1. The molecular weight excluding hydrogens is 248 g/mol. The highest BCUT2D eigenvalue weighted by molar-refractivity contribution is 7.10. The number of nitrogens with one attached hydrogen (secondary N) is 1. The van der Waals surface area contributed by atoms with Crippen LogP contribution in [0.2, 0.25) is 0 Å². The zero-order valence-corrected chi connectivity index (χ0v) is 11.8. The fraction of sp³-hybridized carbons (Fsp3) is 0.615. The van der Waals surface area contributed by atoms with Crippen molar-refractivity contribution in [2.75, 3.05) is 13.2 Å². The molecule has 18 heavy (non-hydrogen) atoms. The Labute approximate surface area is 112 Å². The number of primary amides is 1. The van der Waals surface area contributed by atoms with Gasteiger partial charge in [0.15, 0.2) is 0 Å². The van der Waals surface area contributed by atoms with Crippen LogP contribution in [0.5, 0.6) is 0 Å². The van der Waals surface area contributed by atoms with Gasteiger partial charge in [-0.15, -0.1) is 11.3 Å². The lowest BCUT2D eigenvalue weighted by Crippen LogP contribution is -2.36. The fourth-order valence-corrected chi connectivity index (χ4v) is 2.68. The van der Waals surface area contributed by atoms with Gasteiger partial charge in [-0.25, -0.2) is 0 Å². The normalized spacial score (nSPS) is 11.7. The molecule has 0 saturated carbocycles. The highest BCUT2D eigenvalue weighted by Gasteiger charge is 2.24. The fourth-order valence-electron chi connectivity index (χ4n) is 1.83. The lowest BCUT2D eigenvalue weighted by atomic mass is 9.83. The third kappa shape index (κ3) is 3.80. The molecule has 0 aliphatic heterocycles. The number of hydrogen-bond acceptors (Lipinski definition) is 4. The van der Waals surface area contributed by atoms with Crippen LogP contribution in [0.25, 0.3) is 0 Å². The van der Waals surface area contributed by atoms with Crippen LogP contribution in [0, 0.1) is 5.41 Å². The van der Waals surface area contributed by atoms with Gasteiger partial charge in [0.2, 0.25) is 5.91 Å². The smallest absolute Gasteiger partial charge is 0.249 e. The second kappa shape index (κ2) is 6.87. The molecule has 1 amide bonds. The van der Waals surface area contributed by atoms with E-state index in [-0.39, 0.29) is 17.9 Å². The number of thiophene rings is 1. The Morgan fingerprint density at radius 1 is 1.50 bits per heavy atom. The van der Waals surface area contributed by atoms with Crippen LogP contribution < -0.4 is 11.1 Å². The zero-order valence-electron chi connectivity index (χ0n) is 11.0. The number of carbonyl (C=O) groups excluding carboxylic acids is 1. The van der Waals surface area contributed by atoms with Crippen LogP contribution in [0.3, 0.4) is 0 Å². The summed E-state index contributed by atoms with van der Waals surface area (Å²) in [5, 5.41) is 14.6. The predicted octanol–water partition coefficient (Wildman–Crippen LogP) is 1.74. The van der Waals surface area contributed by atoms with Crippen molar-refractivity contribution in [2.45, 2.75) is 33.2 Å². The minimum Gasteiger partial charge on any atom is -0.396 e. The van der Waals surface area contributed by atoms with Crippen LogP contribution >= 0.6 is 11.3 Å². The molecule has 1 rings (SSSR count). The molecule has 0 saturated heterocycles. The van der Waals surface area contributed by atoms with Gasteiger partial charge in [-0.1, -0.05) is 13.8 Å². The number of rotatable bonds is 8. The van der Waals surface area contributed by atoms with Gasteiger partial charge in [0.25, 0.3) is 0 Å². The molecular formula is C13H22N2O2S. The maximum atomic E-state index is 11.0. The zero-order chi connectivity index (χ0) is 13.6. The standard InChI is InChI=1S/C13H22N2O2S/c1-3-13(4-2,9-16)8-15-6-11-5-10(7-18-11)12(14)17/h5,7,15-16H,3-4,6,8-9H2,1-2H3,(H2,14,17). The van der Waals surface area contributed by atoms with Gasteiger partial charge in [0.1, 0.15) is 0 Å². The van der Waals surface area contributed by atoms with E-state index < -0.39 is 0 Å². The molecule has 1 heterocycles. The van der Waals surface area contributed by atoms with Crippen molar-refractivity contribution in [3.63, 3.8) is 0 Å². The Kier molecular flexibility index (Phi) is 5.78. The van der Waals surface area contributed by atoms with Crippen molar-refractivity contribution < 1.29 is 9.90 Å². The number of amides is 1. The predicted molar refractivity (Wildman–Crippen MR) is 74.6 cm³/mol. The van der Waals surface area contributed by atoms with Crippen LogP contribution in [-0.4, -0.2) is 24.2 Å². The maximum Gasteiger partial charge on any atom is 0.249 e. The summed E-state index contributed by atoms with van der Waals surface area (Å²) in [5.74, 6) is -0.385. The van der Waals surface area contributed by atoms with E-state index in [4.69, 9.17) is 5.73 Å². The minimum atomic E-state index is -0.385. The Morgan fingerprint density at radius 3 is 2.61 bits per heavy atom. The summed E-state index contributed by atoms with van der Waals surface area (Å²) in [4.78, 5) is 12.0. The van der Waals surface area contributed by atoms with Gasteiger partial charge in [-0.3, -0.25) is 4.79 Å². The summed E-state index contributed by atoms with van der Waals surface area (Å²) in [6.07, 6.45) is 1.90. The van der Waals surface area contributed by atoms with Crippen LogP contribution in [0.4, 0.5) is 0 Å². The maximum absolute atomic E-state index is 11.0. The second-order valence-electron chi connectivity index (χ2n) is 4.63. The molecule has 0 atom stereocenters. The van der Waals surface area contributed by atoms with Crippen molar-refractivity contribution >= 4 is 17.2 Å². The molecule has 0 unspecified atom stereocenters. The largest absolute Gasteiger partial charge is 0.396 e. The molecule has 5 heteroatoms. The van der Waals surface area contributed by atoms with Gasteiger partial charge in [-0.05, 0) is 18.9 Å².